The molecule has 8 nitrogen and oxygen atoms in total. The molecule has 2 unspecified atom stereocenters. The molecule has 4 fully saturated rings. The van der Waals surface area contributed by atoms with E-state index in [9.17, 15) is 13.2 Å². The minimum atomic E-state index is -3.98. The Balaban J connectivity index is 1.21. The molecule has 6 rings (SSSR count). The summed E-state index contributed by atoms with van der Waals surface area (Å²) in [5.74, 6) is 1.67. The molecule has 0 aromatic heterocycles. The topological polar surface area (TPSA) is 102 Å². The number of carbonyl (C=O) groups excluding carboxylic acids is 1. The average molecular weight is 602 g/mol. The quantitative estimate of drug-likeness (QED) is 0.457. The number of carbonyl (C=O) groups is 1. The number of rotatable bonds is 8. The molecule has 2 aromatic carbocycles. The van der Waals surface area contributed by atoms with Crippen LogP contribution in [0.5, 0.6) is 11.5 Å². The number of hydrogen-bond acceptors (Lipinski definition) is 6. The van der Waals surface area contributed by atoms with Crippen molar-refractivity contribution in [2.75, 3.05) is 13.2 Å². The SMILES string of the molecule is NC1CC2CCC(C1)N2C(=O)[C@@H]1C[C@H](Oc2ccc(Cl)cc2)CN1S(=O)(=O)c1ccc(OCC2CCCCC2)cc1. The van der Waals surface area contributed by atoms with Crippen LogP contribution < -0.4 is 15.2 Å². The molecular formula is C31H40ClN3O5S. The number of hydrogen-bond donors (Lipinski definition) is 1. The third-order valence-electron chi connectivity index (χ3n) is 9.28. The van der Waals surface area contributed by atoms with Gasteiger partial charge in [-0.15, -0.1) is 0 Å². The minimum absolute atomic E-state index is 0.0673. The molecule has 4 atom stereocenters. The lowest BCUT2D eigenvalue weighted by Gasteiger charge is -2.40. The van der Waals surface area contributed by atoms with Crippen LogP contribution in [0.15, 0.2) is 53.4 Å². The van der Waals surface area contributed by atoms with Gasteiger partial charge in [-0.2, -0.15) is 4.31 Å². The molecule has 1 amide bonds. The standard InChI is InChI=1S/C31H40ClN3O5S/c32-22-6-10-27(11-7-22)40-28-18-30(31(36)35-24-8-9-25(35)17-23(33)16-24)34(19-28)41(37,38)29-14-12-26(13-15-29)39-20-21-4-2-1-3-5-21/h6-7,10-15,21,23-25,28,30H,1-5,8-9,16-20,33H2/t23?,24?,25?,28-,30-/m0/s1. The zero-order valence-corrected chi connectivity index (χ0v) is 24.9. The Morgan fingerprint density at radius 3 is 2.17 bits per heavy atom. The summed E-state index contributed by atoms with van der Waals surface area (Å²) in [4.78, 5) is 16.2. The third-order valence-corrected chi connectivity index (χ3v) is 11.4. The van der Waals surface area contributed by atoms with Gasteiger partial charge in [-0.05, 0) is 93.0 Å². The smallest absolute Gasteiger partial charge is 0.243 e. The highest BCUT2D eigenvalue weighted by atomic mass is 35.5. The molecule has 2 N–H and O–H groups in total. The van der Waals surface area contributed by atoms with Crippen molar-refractivity contribution in [2.45, 2.75) is 99.4 Å². The Morgan fingerprint density at radius 1 is 0.878 bits per heavy atom. The van der Waals surface area contributed by atoms with Crippen LogP contribution in [-0.4, -0.2) is 67.0 Å². The second-order valence-electron chi connectivity index (χ2n) is 12.2. The van der Waals surface area contributed by atoms with Crippen LogP contribution in [0.2, 0.25) is 5.02 Å². The monoisotopic (exact) mass is 601 g/mol. The van der Waals surface area contributed by atoms with E-state index in [-0.39, 0.29) is 41.9 Å². The summed E-state index contributed by atoms with van der Waals surface area (Å²) in [7, 11) is -3.98. The molecule has 3 saturated heterocycles. The van der Waals surface area contributed by atoms with E-state index in [1.807, 2.05) is 4.90 Å². The number of nitrogens with zero attached hydrogens (tertiary/aromatic N) is 2. The maximum absolute atomic E-state index is 14.1. The molecule has 41 heavy (non-hydrogen) atoms. The molecule has 222 valence electrons. The van der Waals surface area contributed by atoms with E-state index in [0.717, 1.165) is 25.7 Å². The molecule has 2 bridgehead atoms. The number of nitrogens with two attached hydrogens (primary N) is 1. The second kappa shape index (κ2) is 12.1. The summed E-state index contributed by atoms with van der Waals surface area (Å²) in [5.41, 5.74) is 6.25. The van der Waals surface area contributed by atoms with E-state index in [4.69, 9.17) is 26.8 Å². The van der Waals surface area contributed by atoms with E-state index < -0.39 is 22.2 Å². The Kier molecular flexibility index (Phi) is 8.50. The van der Waals surface area contributed by atoms with Gasteiger partial charge in [0.2, 0.25) is 15.9 Å². The number of ether oxygens (including phenoxy) is 2. The summed E-state index contributed by atoms with van der Waals surface area (Å²) >= 11 is 6.03. The molecule has 10 heteroatoms. The van der Waals surface area contributed by atoms with Crippen LogP contribution in [0.4, 0.5) is 0 Å². The fourth-order valence-electron chi connectivity index (χ4n) is 7.21. The molecule has 0 spiro atoms. The highest BCUT2D eigenvalue weighted by molar-refractivity contribution is 7.89. The summed E-state index contributed by atoms with van der Waals surface area (Å²) < 4.78 is 41.6. The van der Waals surface area contributed by atoms with E-state index in [1.165, 1.54) is 36.4 Å². The van der Waals surface area contributed by atoms with E-state index in [2.05, 4.69) is 0 Å². The van der Waals surface area contributed by atoms with E-state index in [1.54, 1.807) is 48.5 Å². The van der Waals surface area contributed by atoms with Crippen molar-refractivity contribution in [3.05, 3.63) is 53.6 Å². The van der Waals surface area contributed by atoms with Crippen molar-refractivity contribution in [1.29, 1.82) is 0 Å². The van der Waals surface area contributed by atoms with Gasteiger partial charge in [-0.3, -0.25) is 4.79 Å². The van der Waals surface area contributed by atoms with Gasteiger partial charge >= 0.3 is 0 Å². The van der Waals surface area contributed by atoms with Crippen molar-refractivity contribution in [1.82, 2.24) is 9.21 Å². The van der Waals surface area contributed by atoms with Gasteiger partial charge in [0, 0.05) is 29.6 Å². The lowest BCUT2D eigenvalue weighted by molar-refractivity contribution is -0.139. The highest BCUT2D eigenvalue weighted by Gasteiger charge is 2.51. The summed E-state index contributed by atoms with van der Waals surface area (Å²) in [5, 5.41) is 0.589. The molecule has 3 aliphatic heterocycles. The maximum atomic E-state index is 14.1. The van der Waals surface area contributed by atoms with Crippen LogP contribution in [0.1, 0.15) is 64.2 Å². The van der Waals surface area contributed by atoms with Gasteiger partial charge in [0.15, 0.2) is 0 Å². The normalized spacial score (nSPS) is 29.0. The van der Waals surface area contributed by atoms with E-state index >= 15 is 0 Å². The number of amides is 1. The Morgan fingerprint density at radius 2 is 1.51 bits per heavy atom. The summed E-state index contributed by atoms with van der Waals surface area (Å²) in [6.45, 7) is 0.740. The van der Waals surface area contributed by atoms with Crippen molar-refractivity contribution in [2.24, 2.45) is 11.7 Å². The number of sulfonamides is 1. The molecule has 1 saturated carbocycles. The number of fused-ring (bicyclic) bond motifs is 2. The Bertz CT molecular complexity index is 1300. The van der Waals surface area contributed by atoms with Crippen LogP contribution >= 0.6 is 11.6 Å². The van der Waals surface area contributed by atoms with Crippen LogP contribution in [0.3, 0.4) is 0 Å². The predicted octanol–water partition coefficient (Wildman–Crippen LogP) is 4.99. The van der Waals surface area contributed by atoms with Gasteiger partial charge in [-0.1, -0.05) is 30.9 Å². The number of halogens is 1. The average Bonchev–Trinajstić information content (AvgIpc) is 3.52. The van der Waals surface area contributed by atoms with Crippen LogP contribution in [0.25, 0.3) is 0 Å². The lowest BCUT2D eigenvalue weighted by Crippen LogP contribution is -2.55. The zero-order chi connectivity index (χ0) is 28.6. The predicted molar refractivity (Wildman–Crippen MR) is 158 cm³/mol. The van der Waals surface area contributed by atoms with Gasteiger partial charge < -0.3 is 20.1 Å². The first-order chi connectivity index (χ1) is 19.8. The second-order valence-corrected chi connectivity index (χ2v) is 14.5. The first-order valence-electron chi connectivity index (χ1n) is 15.0. The van der Waals surface area contributed by atoms with Gasteiger partial charge in [0.05, 0.1) is 18.0 Å². The van der Waals surface area contributed by atoms with Crippen molar-refractivity contribution >= 4 is 27.5 Å². The van der Waals surface area contributed by atoms with Gasteiger partial charge in [-0.25, -0.2) is 8.42 Å². The fraction of sp³-hybridized carbons (Fsp3) is 0.581. The van der Waals surface area contributed by atoms with Crippen molar-refractivity contribution < 1.29 is 22.7 Å². The lowest BCUT2D eigenvalue weighted by atomic mass is 9.90. The molecule has 0 radical (unpaired) electrons. The molecule has 2 aromatic rings. The Hall–Kier alpha value is -2.33. The Labute approximate surface area is 248 Å². The minimum Gasteiger partial charge on any atom is -0.493 e. The van der Waals surface area contributed by atoms with E-state index in [0.29, 0.717) is 29.0 Å². The first-order valence-corrected chi connectivity index (χ1v) is 16.8. The number of piperidine rings is 1. The highest BCUT2D eigenvalue weighted by Crippen LogP contribution is 2.39. The van der Waals surface area contributed by atoms with Gasteiger partial charge in [0.25, 0.3) is 0 Å². The van der Waals surface area contributed by atoms with Crippen LogP contribution in [0, 0.1) is 5.92 Å². The number of benzene rings is 2. The molecule has 3 heterocycles. The van der Waals surface area contributed by atoms with Gasteiger partial charge in [0.1, 0.15) is 23.6 Å². The summed E-state index contributed by atoms with van der Waals surface area (Å²) in [6, 6.07) is 13.0. The molecular weight excluding hydrogens is 562 g/mol. The fourth-order valence-corrected chi connectivity index (χ4v) is 8.96. The summed E-state index contributed by atoms with van der Waals surface area (Å²) in [6.07, 6.45) is 9.30. The van der Waals surface area contributed by atoms with Crippen molar-refractivity contribution in [3.63, 3.8) is 0 Å². The van der Waals surface area contributed by atoms with Crippen LogP contribution in [-0.2, 0) is 14.8 Å². The zero-order valence-electron chi connectivity index (χ0n) is 23.4. The maximum Gasteiger partial charge on any atom is 0.243 e. The molecule has 4 aliphatic rings. The third kappa shape index (κ3) is 6.24. The largest absolute Gasteiger partial charge is 0.493 e. The first kappa shape index (κ1) is 28.8. The molecule has 1 aliphatic carbocycles. The van der Waals surface area contributed by atoms with Crippen molar-refractivity contribution in [3.8, 4) is 11.5 Å².